The molecule has 1 aliphatic carbocycles. The van der Waals surface area contributed by atoms with Crippen molar-refractivity contribution in [1.29, 1.82) is 0 Å². The third-order valence-electron chi connectivity index (χ3n) is 5.59. The average molecular weight is 337 g/mol. The second-order valence-corrected chi connectivity index (χ2v) is 7.40. The van der Waals surface area contributed by atoms with Crippen LogP contribution in [-0.4, -0.2) is 17.2 Å². The van der Waals surface area contributed by atoms with Crippen LogP contribution in [0, 0.1) is 12.3 Å². The Hall–Kier alpha value is -2.35. The van der Waals surface area contributed by atoms with Gasteiger partial charge in [0.2, 0.25) is 5.91 Å². The van der Waals surface area contributed by atoms with Crippen LogP contribution in [0.2, 0.25) is 0 Å². The number of hydrogen-bond acceptors (Lipinski definition) is 4. The largest absolute Gasteiger partial charge is 0.487 e. The zero-order valence-corrected chi connectivity index (χ0v) is 14.4. The maximum atomic E-state index is 12.2. The van der Waals surface area contributed by atoms with E-state index in [1.807, 2.05) is 18.2 Å². The number of nitrogens with zero attached hydrogens (tertiary/aromatic N) is 2. The lowest BCUT2D eigenvalue weighted by molar-refractivity contribution is -0.116. The van der Waals surface area contributed by atoms with E-state index in [1.165, 1.54) is 24.8 Å². The summed E-state index contributed by atoms with van der Waals surface area (Å²) in [5, 5.41) is 11.1. The lowest BCUT2D eigenvalue weighted by atomic mass is 9.74. The predicted octanol–water partition coefficient (Wildman–Crippen LogP) is 4.23. The zero-order valence-electron chi connectivity index (χ0n) is 14.4. The number of aryl methyl sites for hydroxylation is 1. The van der Waals surface area contributed by atoms with E-state index >= 15 is 0 Å². The molecule has 0 unspecified atom stereocenters. The molecule has 5 heteroatoms. The van der Waals surface area contributed by atoms with E-state index in [0.717, 1.165) is 30.7 Å². The molecule has 1 aromatic rings. The number of rotatable bonds is 6. The molecule has 0 radical (unpaired) electrons. The quantitative estimate of drug-likeness (QED) is 0.790. The van der Waals surface area contributed by atoms with Gasteiger partial charge in [0.25, 0.3) is 0 Å². The monoisotopic (exact) mass is 337 g/mol. The van der Waals surface area contributed by atoms with E-state index in [1.54, 1.807) is 0 Å². The summed E-state index contributed by atoms with van der Waals surface area (Å²) in [6, 6.07) is 5.96. The highest BCUT2D eigenvalue weighted by Crippen LogP contribution is 2.45. The molecule has 2 heterocycles. The van der Waals surface area contributed by atoms with Gasteiger partial charge in [-0.1, -0.05) is 0 Å². The molecular formula is C20H23N3O2. The van der Waals surface area contributed by atoms with Crippen LogP contribution in [-0.2, 0) is 11.2 Å². The Bertz CT molecular complexity index is 753. The van der Waals surface area contributed by atoms with Gasteiger partial charge < -0.3 is 10.1 Å². The number of fused-ring (bicyclic) bond motifs is 1. The van der Waals surface area contributed by atoms with Crippen LogP contribution in [0.25, 0.3) is 0 Å². The van der Waals surface area contributed by atoms with Gasteiger partial charge in [-0.05, 0) is 55.9 Å². The third kappa shape index (κ3) is 3.39. The summed E-state index contributed by atoms with van der Waals surface area (Å²) >= 11 is 0. The standard InChI is InChI=1S/C20H23N3O2/c1-2-3-11-20(22-23-20)13-8-18(24)21-16-5-6-17-15(14-16)7-12-19(25-17)9-4-10-19/h1,5-6,14H,3-4,7-13H2,(H,21,24). The number of ether oxygens (including phenoxy) is 1. The molecule has 0 aromatic heterocycles. The van der Waals surface area contributed by atoms with Crippen molar-refractivity contribution in [2.24, 2.45) is 10.2 Å². The molecule has 0 saturated heterocycles. The van der Waals surface area contributed by atoms with Gasteiger partial charge in [-0.3, -0.25) is 4.79 Å². The van der Waals surface area contributed by atoms with Crippen molar-refractivity contribution >= 4 is 11.6 Å². The highest BCUT2D eigenvalue weighted by atomic mass is 16.5. The highest BCUT2D eigenvalue weighted by molar-refractivity contribution is 5.91. The number of hydrogen-bond donors (Lipinski definition) is 1. The Labute approximate surface area is 148 Å². The smallest absolute Gasteiger partial charge is 0.224 e. The van der Waals surface area contributed by atoms with Crippen molar-refractivity contribution in [3.05, 3.63) is 23.8 Å². The van der Waals surface area contributed by atoms with Gasteiger partial charge in [-0.25, -0.2) is 0 Å². The summed E-state index contributed by atoms with van der Waals surface area (Å²) in [5.41, 5.74) is 1.72. The summed E-state index contributed by atoms with van der Waals surface area (Å²) in [6.45, 7) is 0. The maximum absolute atomic E-state index is 12.2. The molecule has 4 rings (SSSR count). The topological polar surface area (TPSA) is 63.0 Å². The van der Waals surface area contributed by atoms with E-state index in [2.05, 4.69) is 21.5 Å². The Morgan fingerprint density at radius 3 is 2.80 bits per heavy atom. The van der Waals surface area contributed by atoms with Gasteiger partial charge >= 0.3 is 0 Å². The second kappa shape index (κ2) is 6.18. The SMILES string of the molecule is C#CCCC1(CCC(=O)Nc2ccc3c(c2)CCC2(CCC2)O3)N=N1. The van der Waals surface area contributed by atoms with Gasteiger partial charge in [-0.2, -0.15) is 10.2 Å². The Kier molecular flexibility index (Phi) is 3.99. The summed E-state index contributed by atoms with van der Waals surface area (Å²) in [6.07, 6.45) is 13.4. The molecule has 5 nitrogen and oxygen atoms in total. The van der Waals surface area contributed by atoms with Crippen LogP contribution in [0.3, 0.4) is 0 Å². The van der Waals surface area contributed by atoms with Crippen molar-refractivity contribution in [1.82, 2.24) is 0 Å². The lowest BCUT2D eigenvalue weighted by Gasteiger charge is -2.45. The third-order valence-corrected chi connectivity index (χ3v) is 5.59. The maximum Gasteiger partial charge on any atom is 0.224 e. The molecule has 1 fully saturated rings. The van der Waals surface area contributed by atoms with Crippen molar-refractivity contribution in [3.63, 3.8) is 0 Å². The average Bonchev–Trinajstić information content (AvgIpc) is 3.37. The van der Waals surface area contributed by atoms with Crippen LogP contribution < -0.4 is 10.1 Å². The Morgan fingerprint density at radius 2 is 2.12 bits per heavy atom. The highest BCUT2D eigenvalue weighted by Gasteiger charge is 2.42. The molecule has 130 valence electrons. The first-order valence-electron chi connectivity index (χ1n) is 9.11. The van der Waals surface area contributed by atoms with Gasteiger partial charge in [0, 0.05) is 31.4 Å². The fourth-order valence-electron chi connectivity index (χ4n) is 3.73. The normalized spacial score (nSPS) is 20.8. The zero-order chi connectivity index (χ0) is 17.3. The number of benzene rings is 1. The van der Waals surface area contributed by atoms with E-state index in [0.29, 0.717) is 19.3 Å². The number of carbonyl (C=O) groups is 1. The first-order valence-corrected chi connectivity index (χ1v) is 9.11. The van der Waals surface area contributed by atoms with Crippen molar-refractivity contribution in [2.45, 2.75) is 69.1 Å². The van der Waals surface area contributed by atoms with Crippen molar-refractivity contribution < 1.29 is 9.53 Å². The first-order chi connectivity index (χ1) is 12.1. The van der Waals surface area contributed by atoms with Gasteiger partial charge in [0.1, 0.15) is 11.4 Å². The molecule has 1 N–H and O–H groups in total. The van der Waals surface area contributed by atoms with Crippen molar-refractivity contribution in [2.75, 3.05) is 5.32 Å². The van der Waals surface area contributed by atoms with Crippen LogP contribution >= 0.6 is 0 Å². The number of carbonyl (C=O) groups excluding carboxylic acids is 1. The fraction of sp³-hybridized carbons (Fsp3) is 0.550. The van der Waals surface area contributed by atoms with E-state index in [-0.39, 0.29) is 11.5 Å². The molecule has 1 aromatic carbocycles. The van der Waals surface area contributed by atoms with Crippen LogP contribution in [0.5, 0.6) is 5.75 Å². The van der Waals surface area contributed by atoms with Crippen LogP contribution in [0.15, 0.2) is 28.4 Å². The Balaban J connectivity index is 1.31. The summed E-state index contributed by atoms with van der Waals surface area (Å²) in [7, 11) is 0. The molecule has 0 atom stereocenters. The van der Waals surface area contributed by atoms with Crippen LogP contribution in [0.1, 0.15) is 56.9 Å². The molecular weight excluding hydrogens is 314 g/mol. The number of amides is 1. The van der Waals surface area contributed by atoms with E-state index in [4.69, 9.17) is 11.2 Å². The number of anilines is 1. The molecule has 1 spiro atoms. The Morgan fingerprint density at radius 1 is 1.28 bits per heavy atom. The number of nitrogens with one attached hydrogen (secondary N) is 1. The van der Waals surface area contributed by atoms with Crippen LogP contribution in [0.4, 0.5) is 5.69 Å². The first kappa shape index (κ1) is 16.1. The minimum atomic E-state index is -0.398. The molecule has 1 saturated carbocycles. The number of terminal acetylenes is 1. The molecule has 25 heavy (non-hydrogen) atoms. The minimum Gasteiger partial charge on any atom is -0.487 e. The fourth-order valence-corrected chi connectivity index (χ4v) is 3.73. The van der Waals surface area contributed by atoms with Gasteiger partial charge in [-0.15, -0.1) is 12.3 Å². The molecule has 3 aliphatic rings. The van der Waals surface area contributed by atoms with E-state index in [9.17, 15) is 4.79 Å². The summed E-state index contributed by atoms with van der Waals surface area (Å²) in [5.74, 6) is 3.57. The predicted molar refractivity (Wildman–Crippen MR) is 95.5 cm³/mol. The van der Waals surface area contributed by atoms with E-state index < -0.39 is 5.66 Å². The summed E-state index contributed by atoms with van der Waals surface area (Å²) < 4.78 is 6.20. The van der Waals surface area contributed by atoms with Gasteiger partial charge in [0.05, 0.1) is 0 Å². The molecule has 0 bridgehead atoms. The van der Waals surface area contributed by atoms with Crippen molar-refractivity contribution in [3.8, 4) is 18.1 Å². The van der Waals surface area contributed by atoms with Gasteiger partial charge in [0.15, 0.2) is 5.66 Å². The molecule has 2 aliphatic heterocycles. The molecule has 1 amide bonds. The minimum absolute atomic E-state index is 0.00970. The lowest BCUT2D eigenvalue weighted by Crippen LogP contribution is -2.45. The summed E-state index contributed by atoms with van der Waals surface area (Å²) in [4.78, 5) is 12.2. The second-order valence-electron chi connectivity index (χ2n) is 7.40.